The Balaban J connectivity index is 1.01. The Kier molecular flexibility index (Phi) is 18.9. The number of nitrogens with two attached hydrogens (primary N) is 3. The van der Waals surface area contributed by atoms with Crippen LogP contribution in [0.25, 0.3) is 22.1 Å². The van der Waals surface area contributed by atoms with Gasteiger partial charge in [-0.1, -0.05) is 18.2 Å². The third-order valence-electron chi connectivity index (χ3n) is 13.6. The van der Waals surface area contributed by atoms with E-state index in [9.17, 15) is 42.5 Å². The van der Waals surface area contributed by atoms with Gasteiger partial charge in [-0.25, -0.2) is 14.8 Å². The van der Waals surface area contributed by atoms with Gasteiger partial charge in [0, 0.05) is 76.1 Å². The van der Waals surface area contributed by atoms with Crippen LogP contribution in [0.4, 0.5) is 22.4 Å². The fraction of sp³-hybridized carbons (Fsp3) is 0.377. The molecule has 4 aromatic heterocycles. The van der Waals surface area contributed by atoms with Crippen LogP contribution >= 0.6 is 0 Å². The number of aryl methyl sites for hydroxylation is 4. The van der Waals surface area contributed by atoms with E-state index in [2.05, 4.69) is 29.9 Å². The van der Waals surface area contributed by atoms with Gasteiger partial charge in [-0.3, -0.25) is 58.7 Å². The molecule has 0 aliphatic carbocycles. The van der Waals surface area contributed by atoms with Gasteiger partial charge in [-0.05, 0) is 102 Å². The minimum atomic E-state index is -5.07. The zero-order valence-electron chi connectivity index (χ0n) is 46.6. The molecule has 3 aromatic carbocycles. The number of nitro groups is 1. The maximum absolute atomic E-state index is 14.0. The lowest BCUT2D eigenvalue weighted by Gasteiger charge is -2.35. The maximum atomic E-state index is 14.0. The van der Waals surface area contributed by atoms with Crippen LogP contribution in [0.1, 0.15) is 97.9 Å². The lowest BCUT2D eigenvalue weighted by atomic mass is 10.0. The molecular weight excluding hydrogens is 1120 g/mol. The van der Waals surface area contributed by atoms with E-state index >= 15 is 0 Å². The fourth-order valence-electron chi connectivity index (χ4n) is 9.66. The second-order valence-corrected chi connectivity index (χ2v) is 20.4. The highest BCUT2D eigenvalue weighted by atomic mass is 32.3. The summed E-state index contributed by atoms with van der Waals surface area (Å²) < 4.78 is 60.7. The number of hydrogen-bond acceptors (Lipinski definition) is 19. The van der Waals surface area contributed by atoms with Crippen molar-refractivity contribution < 1.29 is 60.3 Å². The minimum Gasteiger partial charge on any atom is -0.494 e. The van der Waals surface area contributed by atoms with Gasteiger partial charge in [-0.2, -0.15) is 18.6 Å². The predicted octanol–water partition coefficient (Wildman–Crippen LogP) is 4.50. The summed E-state index contributed by atoms with van der Waals surface area (Å²) in [6.07, 6.45) is 2.99. The number of piperazine rings is 1. The molecule has 31 heteroatoms. The number of hydrogen-bond donors (Lipinski definition) is 6. The highest BCUT2D eigenvalue weighted by Crippen LogP contribution is 2.36. The molecule has 1 atom stereocenters. The lowest BCUT2D eigenvalue weighted by molar-refractivity contribution is -0.385. The van der Waals surface area contributed by atoms with Crippen molar-refractivity contribution in [3.8, 4) is 17.2 Å². The molecule has 446 valence electrons. The molecule has 0 spiro atoms. The molecule has 1 saturated heterocycles. The normalized spacial score (nSPS) is 13.3. The third kappa shape index (κ3) is 14.1. The van der Waals surface area contributed by atoms with Crippen molar-refractivity contribution >= 4 is 79.8 Å². The summed E-state index contributed by atoms with van der Waals surface area (Å²) >= 11 is 0. The molecule has 5 amide bonds. The van der Waals surface area contributed by atoms with Crippen molar-refractivity contribution in [3.05, 3.63) is 116 Å². The molecule has 5 heterocycles. The van der Waals surface area contributed by atoms with E-state index in [0.29, 0.717) is 79.2 Å². The molecular formula is C53H64N16O14S. The summed E-state index contributed by atoms with van der Waals surface area (Å²) in [5.41, 5.74) is 20.2. The number of aromatic nitrogens is 8. The molecule has 8 rings (SSSR count). The number of nitrogens with one attached hydrogen (secondary N) is 2. The number of nitrogens with zero attached hydrogens (tertiary/aromatic N) is 11. The number of ether oxygens (including phenoxy) is 3. The molecule has 1 fully saturated rings. The molecule has 30 nitrogen and oxygen atoms in total. The number of anilines is 2. The number of imidazole rings is 2. The number of benzene rings is 3. The molecule has 1 unspecified atom stereocenters. The largest absolute Gasteiger partial charge is 0.494 e. The quantitative estimate of drug-likeness (QED) is 0.0143. The first-order valence-electron chi connectivity index (χ1n) is 26.6. The van der Waals surface area contributed by atoms with Crippen molar-refractivity contribution in [2.24, 2.45) is 17.2 Å². The smallest absolute Gasteiger partial charge is 0.446 e. The van der Waals surface area contributed by atoms with Gasteiger partial charge >= 0.3 is 22.2 Å². The summed E-state index contributed by atoms with van der Waals surface area (Å²) in [5.74, 6) is -2.44. The Bertz CT molecular complexity index is 3800. The molecule has 84 heavy (non-hydrogen) atoms. The SMILES string of the molecule is CCn1nc(C)cc1C(=O)Nc1nc2cc(C(N)=O)cc(OC)c2n1C/C=C/Cn1c(NC(=O)c2cc(C)nn2CC)nc2cc(C(N)=O)cc(OCCCN3CCN(C(=O)OC(CCCN)c4ccc(OS(=O)(=O)O)c([N+](=O)[O-])c4)CC3)c21. The number of amides is 5. The van der Waals surface area contributed by atoms with Gasteiger partial charge in [0.25, 0.3) is 11.8 Å². The average molecular weight is 1180 g/mol. The third-order valence-corrected chi connectivity index (χ3v) is 14.0. The van der Waals surface area contributed by atoms with E-state index < -0.39 is 62.6 Å². The van der Waals surface area contributed by atoms with E-state index in [4.69, 9.17) is 45.9 Å². The van der Waals surface area contributed by atoms with Crippen LogP contribution in [-0.2, 0) is 41.3 Å². The van der Waals surface area contributed by atoms with Crippen LogP contribution in [0.15, 0.2) is 66.7 Å². The first-order valence-corrected chi connectivity index (χ1v) is 28.0. The molecule has 0 bridgehead atoms. The molecule has 0 saturated carbocycles. The van der Waals surface area contributed by atoms with Crippen molar-refractivity contribution in [2.75, 3.05) is 63.6 Å². The van der Waals surface area contributed by atoms with Crippen molar-refractivity contribution in [1.82, 2.24) is 48.5 Å². The van der Waals surface area contributed by atoms with Crippen LogP contribution < -0.4 is 41.5 Å². The van der Waals surface area contributed by atoms with Gasteiger partial charge in [0.2, 0.25) is 29.5 Å². The number of nitro benzene ring substituents is 1. The van der Waals surface area contributed by atoms with Crippen molar-refractivity contribution in [3.63, 3.8) is 0 Å². The predicted molar refractivity (Wildman–Crippen MR) is 304 cm³/mol. The Morgan fingerprint density at radius 2 is 1.31 bits per heavy atom. The molecule has 1 aliphatic heterocycles. The van der Waals surface area contributed by atoms with Crippen molar-refractivity contribution in [1.29, 1.82) is 0 Å². The van der Waals surface area contributed by atoms with Crippen LogP contribution in [0.3, 0.4) is 0 Å². The lowest BCUT2D eigenvalue weighted by Crippen LogP contribution is -2.49. The highest BCUT2D eigenvalue weighted by molar-refractivity contribution is 7.81. The minimum absolute atomic E-state index is 0.0649. The van der Waals surface area contributed by atoms with Gasteiger partial charge in [0.1, 0.15) is 40.0 Å². The monoisotopic (exact) mass is 1180 g/mol. The topological polar surface area (TPSA) is 400 Å². The maximum Gasteiger partial charge on any atom is 0.446 e. The Morgan fingerprint density at radius 1 is 0.774 bits per heavy atom. The Labute approximate surface area is 480 Å². The molecule has 9 N–H and O–H groups in total. The summed E-state index contributed by atoms with van der Waals surface area (Å²) in [6, 6.07) is 12.6. The summed E-state index contributed by atoms with van der Waals surface area (Å²) in [5, 5.41) is 26.5. The van der Waals surface area contributed by atoms with E-state index in [0.717, 1.165) is 12.1 Å². The Morgan fingerprint density at radius 3 is 1.80 bits per heavy atom. The molecule has 7 aromatic rings. The second-order valence-electron chi connectivity index (χ2n) is 19.4. The van der Waals surface area contributed by atoms with Gasteiger partial charge in [0.15, 0.2) is 0 Å². The first kappa shape index (κ1) is 60.6. The summed E-state index contributed by atoms with van der Waals surface area (Å²) in [7, 11) is -3.64. The van der Waals surface area contributed by atoms with Crippen LogP contribution in [-0.4, -0.2) is 149 Å². The number of primary amides is 2. The number of carbonyl (C=O) groups is 5. The van der Waals surface area contributed by atoms with E-state index in [1.165, 1.54) is 42.3 Å². The average Bonchev–Trinajstić information content (AvgIpc) is 2.96. The van der Waals surface area contributed by atoms with E-state index in [1.54, 1.807) is 56.6 Å². The number of fused-ring (bicyclic) bond motifs is 2. The molecule has 1 aliphatic rings. The second kappa shape index (κ2) is 26.2. The van der Waals surface area contributed by atoms with Crippen molar-refractivity contribution in [2.45, 2.75) is 79.2 Å². The van der Waals surface area contributed by atoms with Gasteiger partial charge in [-0.15, -0.1) is 0 Å². The zero-order valence-corrected chi connectivity index (χ0v) is 47.5. The van der Waals surface area contributed by atoms with E-state index in [1.807, 2.05) is 13.8 Å². The Hall–Kier alpha value is -9.46. The number of carbonyl (C=O) groups excluding carboxylic acids is 5. The standard InChI is InChI=1S/C53H64N16O14S/c1-6-67-39(24-31(3)61-67)49(72)59-51-57-36-26-34(47(55)70)29-43(80-5)45(36)65(51)17-8-9-18-66-46-37(58-52(66)60-50(73)40-25-32(4)62-68(40)7-2)27-35(48(56)71)30-44(46)81-23-11-16-63-19-21-64(22-20-63)53(74)82-41(12-10-15-54)33-13-14-42(83-84(77,78)79)38(28-33)69(75)76/h8-9,13-14,24-30,41H,6-7,10-12,15-23,54H2,1-5H3,(H2,55,70)(H2,56,71)(H,57,59,72)(H,58,60,73)(H,77,78,79)/b9-8+. The van der Waals surface area contributed by atoms with Gasteiger partial charge < -0.3 is 49.6 Å². The number of allylic oxidation sites excluding steroid dienone is 2. The van der Waals surface area contributed by atoms with Gasteiger partial charge in [0.05, 0.1) is 41.1 Å². The first-order chi connectivity index (χ1) is 40.1. The highest BCUT2D eigenvalue weighted by Gasteiger charge is 2.30. The van der Waals surface area contributed by atoms with E-state index in [-0.39, 0.29) is 97.0 Å². The van der Waals surface area contributed by atoms with Crippen LogP contribution in [0.2, 0.25) is 0 Å². The fourth-order valence-corrected chi connectivity index (χ4v) is 10.0. The summed E-state index contributed by atoms with van der Waals surface area (Å²) in [4.78, 5) is 90.5. The summed E-state index contributed by atoms with van der Waals surface area (Å²) in [6.45, 7) is 10.6. The zero-order chi connectivity index (χ0) is 60.6. The van der Waals surface area contributed by atoms with Crippen LogP contribution in [0, 0.1) is 24.0 Å². The number of rotatable bonds is 26. The van der Waals surface area contributed by atoms with Crippen LogP contribution in [0.5, 0.6) is 17.2 Å². The number of methoxy groups -OCH3 is 1. The molecule has 0 radical (unpaired) electrons.